The highest BCUT2D eigenvalue weighted by Gasteiger charge is 2.42. The van der Waals surface area contributed by atoms with E-state index in [1.54, 1.807) is 0 Å². The maximum atomic E-state index is 6.48. The molecule has 2 atom stereocenters. The van der Waals surface area contributed by atoms with Gasteiger partial charge in [-0.2, -0.15) is 0 Å². The average molecular weight is 253 g/mol. The minimum atomic E-state index is -0.000179. The van der Waals surface area contributed by atoms with Gasteiger partial charge in [-0.15, -0.1) is 0 Å². The molecule has 0 aromatic carbocycles. The van der Waals surface area contributed by atoms with Crippen molar-refractivity contribution in [2.45, 2.75) is 77.9 Å². The summed E-state index contributed by atoms with van der Waals surface area (Å²) in [7, 11) is 0. The van der Waals surface area contributed by atoms with Crippen molar-refractivity contribution in [2.24, 2.45) is 11.3 Å². The van der Waals surface area contributed by atoms with E-state index < -0.39 is 0 Å². The lowest BCUT2D eigenvalue weighted by Crippen LogP contribution is -2.57. The molecule has 18 heavy (non-hydrogen) atoms. The molecule has 1 N–H and O–H groups in total. The third kappa shape index (κ3) is 3.27. The Kier molecular flexibility index (Phi) is 3.81. The predicted octanol–water partition coefficient (Wildman–Crippen LogP) is 3.75. The third-order valence-corrected chi connectivity index (χ3v) is 4.85. The van der Waals surface area contributed by atoms with Crippen LogP contribution in [-0.4, -0.2) is 24.3 Å². The van der Waals surface area contributed by atoms with Crippen LogP contribution in [0.2, 0.25) is 0 Å². The fourth-order valence-corrected chi connectivity index (χ4v) is 3.77. The van der Waals surface area contributed by atoms with E-state index in [1.165, 1.54) is 32.1 Å². The summed E-state index contributed by atoms with van der Waals surface area (Å²) in [6, 6.07) is 0. The zero-order chi connectivity index (χ0) is 13.4. The van der Waals surface area contributed by atoms with E-state index in [0.717, 1.165) is 19.0 Å². The molecule has 1 saturated carbocycles. The summed E-state index contributed by atoms with van der Waals surface area (Å²) >= 11 is 0. The first kappa shape index (κ1) is 14.3. The van der Waals surface area contributed by atoms with Crippen LogP contribution in [0.5, 0.6) is 0 Å². The SMILES string of the molecule is CC1(C)CNCC2(CCCC(C(C)(C)C)CC2)O1. The first-order valence-electron chi connectivity index (χ1n) is 7.63. The van der Waals surface area contributed by atoms with Gasteiger partial charge in [0, 0.05) is 13.1 Å². The zero-order valence-electron chi connectivity index (χ0n) is 12.9. The lowest BCUT2D eigenvalue weighted by atomic mass is 9.76. The summed E-state index contributed by atoms with van der Waals surface area (Å²) < 4.78 is 6.48. The number of morpholine rings is 1. The summed E-state index contributed by atoms with van der Waals surface area (Å²) in [6.07, 6.45) is 6.47. The lowest BCUT2D eigenvalue weighted by Gasteiger charge is -2.46. The Hall–Kier alpha value is -0.0800. The van der Waals surface area contributed by atoms with Gasteiger partial charge < -0.3 is 10.1 Å². The highest BCUT2D eigenvalue weighted by Crippen LogP contribution is 2.42. The van der Waals surface area contributed by atoms with E-state index in [4.69, 9.17) is 4.74 Å². The molecule has 2 fully saturated rings. The average Bonchev–Trinajstić information content (AvgIpc) is 2.38. The lowest BCUT2D eigenvalue weighted by molar-refractivity contribution is -0.168. The van der Waals surface area contributed by atoms with Gasteiger partial charge in [0.05, 0.1) is 11.2 Å². The standard InChI is InChI=1S/C16H31NO/c1-14(2,3)13-7-6-9-16(10-8-13)12-17-11-15(4,5)18-16/h13,17H,6-12H2,1-5H3. The summed E-state index contributed by atoms with van der Waals surface area (Å²) in [5.74, 6) is 0.852. The highest BCUT2D eigenvalue weighted by molar-refractivity contribution is 4.95. The first-order chi connectivity index (χ1) is 8.23. The molecular weight excluding hydrogens is 222 g/mol. The number of rotatable bonds is 0. The molecule has 106 valence electrons. The molecular formula is C16H31NO. The summed E-state index contributed by atoms with van der Waals surface area (Å²) in [4.78, 5) is 0. The van der Waals surface area contributed by atoms with Crippen molar-refractivity contribution in [3.8, 4) is 0 Å². The van der Waals surface area contributed by atoms with Gasteiger partial charge in [0.1, 0.15) is 0 Å². The first-order valence-corrected chi connectivity index (χ1v) is 7.63. The minimum absolute atomic E-state index is 0.000179. The molecule has 1 aliphatic heterocycles. The van der Waals surface area contributed by atoms with Crippen LogP contribution in [-0.2, 0) is 4.74 Å². The Balaban J connectivity index is 2.04. The van der Waals surface area contributed by atoms with Gasteiger partial charge >= 0.3 is 0 Å². The molecule has 0 amide bonds. The van der Waals surface area contributed by atoms with Crippen LogP contribution in [0.1, 0.15) is 66.7 Å². The van der Waals surface area contributed by atoms with Crippen LogP contribution in [0.15, 0.2) is 0 Å². The molecule has 2 aliphatic rings. The summed E-state index contributed by atoms with van der Waals surface area (Å²) in [6.45, 7) is 13.6. The molecule has 0 aromatic heterocycles. The van der Waals surface area contributed by atoms with Gasteiger partial charge in [0.2, 0.25) is 0 Å². The molecule has 2 heteroatoms. The second kappa shape index (κ2) is 4.79. The predicted molar refractivity (Wildman–Crippen MR) is 76.8 cm³/mol. The highest BCUT2D eigenvalue weighted by atomic mass is 16.5. The second-order valence-corrected chi connectivity index (χ2v) is 8.14. The van der Waals surface area contributed by atoms with Crippen molar-refractivity contribution in [3.05, 3.63) is 0 Å². The topological polar surface area (TPSA) is 21.3 Å². The van der Waals surface area contributed by atoms with Crippen molar-refractivity contribution in [3.63, 3.8) is 0 Å². The molecule has 1 aliphatic carbocycles. The second-order valence-electron chi connectivity index (χ2n) is 8.14. The van der Waals surface area contributed by atoms with Crippen LogP contribution < -0.4 is 5.32 Å². The fourth-order valence-electron chi connectivity index (χ4n) is 3.77. The van der Waals surface area contributed by atoms with Crippen molar-refractivity contribution in [2.75, 3.05) is 13.1 Å². The van der Waals surface area contributed by atoms with Gasteiger partial charge in [-0.1, -0.05) is 27.2 Å². The van der Waals surface area contributed by atoms with E-state index in [1.807, 2.05) is 0 Å². The van der Waals surface area contributed by atoms with Gasteiger partial charge in [-0.3, -0.25) is 0 Å². The fraction of sp³-hybridized carbons (Fsp3) is 1.00. The van der Waals surface area contributed by atoms with Crippen LogP contribution >= 0.6 is 0 Å². The number of hydrogen-bond acceptors (Lipinski definition) is 2. The number of ether oxygens (including phenoxy) is 1. The Morgan fingerprint density at radius 2 is 1.78 bits per heavy atom. The zero-order valence-corrected chi connectivity index (χ0v) is 12.9. The maximum absolute atomic E-state index is 6.48. The van der Waals surface area contributed by atoms with E-state index in [-0.39, 0.29) is 11.2 Å². The molecule has 2 unspecified atom stereocenters. The van der Waals surface area contributed by atoms with E-state index in [2.05, 4.69) is 39.9 Å². The van der Waals surface area contributed by atoms with E-state index >= 15 is 0 Å². The molecule has 2 nitrogen and oxygen atoms in total. The molecule has 0 bridgehead atoms. The van der Waals surface area contributed by atoms with Crippen molar-refractivity contribution >= 4 is 0 Å². The van der Waals surface area contributed by atoms with Crippen molar-refractivity contribution in [1.29, 1.82) is 0 Å². The number of nitrogens with one attached hydrogen (secondary N) is 1. The summed E-state index contributed by atoms with van der Waals surface area (Å²) in [5.41, 5.74) is 0.560. The van der Waals surface area contributed by atoms with E-state index in [9.17, 15) is 0 Å². The van der Waals surface area contributed by atoms with Crippen LogP contribution in [0, 0.1) is 11.3 Å². The van der Waals surface area contributed by atoms with Gasteiger partial charge in [-0.05, 0) is 50.9 Å². The molecule has 2 rings (SSSR count). The molecule has 1 saturated heterocycles. The third-order valence-electron chi connectivity index (χ3n) is 4.85. The quantitative estimate of drug-likeness (QED) is 0.710. The van der Waals surface area contributed by atoms with Gasteiger partial charge in [-0.25, -0.2) is 0 Å². The largest absolute Gasteiger partial charge is 0.366 e. The summed E-state index contributed by atoms with van der Waals surface area (Å²) in [5, 5.41) is 3.59. The smallest absolute Gasteiger partial charge is 0.0814 e. The Labute approximate surface area is 113 Å². The van der Waals surface area contributed by atoms with Crippen molar-refractivity contribution in [1.82, 2.24) is 5.32 Å². The van der Waals surface area contributed by atoms with Gasteiger partial charge in [0.25, 0.3) is 0 Å². The molecule has 1 spiro atoms. The molecule has 0 radical (unpaired) electrons. The monoisotopic (exact) mass is 253 g/mol. The van der Waals surface area contributed by atoms with Crippen LogP contribution in [0.4, 0.5) is 0 Å². The van der Waals surface area contributed by atoms with Gasteiger partial charge in [0.15, 0.2) is 0 Å². The normalized spacial score (nSPS) is 37.5. The minimum Gasteiger partial charge on any atom is -0.366 e. The molecule has 1 heterocycles. The number of hydrogen-bond donors (Lipinski definition) is 1. The van der Waals surface area contributed by atoms with E-state index in [0.29, 0.717) is 5.41 Å². The van der Waals surface area contributed by atoms with Crippen LogP contribution in [0.3, 0.4) is 0 Å². The van der Waals surface area contributed by atoms with Crippen molar-refractivity contribution < 1.29 is 4.74 Å². The maximum Gasteiger partial charge on any atom is 0.0814 e. The van der Waals surface area contributed by atoms with Crippen LogP contribution in [0.25, 0.3) is 0 Å². The Morgan fingerprint density at radius 3 is 2.39 bits per heavy atom. The molecule has 0 aromatic rings. The Morgan fingerprint density at radius 1 is 1.06 bits per heavy atom. The Bertz CT molecular complexity index is 292.